The molecule has 0 aliphatic carbocycles. The first kappa shape index (κ1) is 20.9. The molecule has 2 atom stereocenters. The summed E-state index contributed by atoms with van der Waals surface area (Å²) < 4.78 is 0. The second kappa shape index (κ2) is 11.5. The summed E-state index contributed by atoms with van der Waals surface area (Å²) in [6, 6.07) is 0.277. The first-order valence-corrected chi connectivity index (χ1v) is 8.57. The van der Waals surface area contributed by atoms with Gasteiger partial charge < -0.3 is 16.2 Å². The van der Waals surface area contributed by atoms with Crippen LogP contribution in [0.3, 0.4) is 0 Å². The number of carbonyl (C=O) groups excluding carboxylic acids is 1. The van der Waals surface area contributed by atoms with E-state index in [1.54, 1.807) is 6.92 Å². The summed E-state index contributed by atoms with van der Waals surface area (Å²) in [5, 5.41) is 12.1. The molecule has 4 N–H and O–H groups in total. The van der Waals surface area contributed by atoms with Crippen molar-refractivity contribution in [1.29, 1.82) is 0 Å². The Labute approximate surface area is 135 Å². The number of aliphatic carboxylic acids is 1. The van der Waals surface area contributed by atoms with Crippen LogP contribution in [-0.4, -0.2) is 29.6 Å². The number of hydrogen-bond acceptors (Lipinski definition) is 3. The van der Waals surface area contributed by atoms with Crippen molar-refractivity contribution >= 4 is 11.9 Å². The topological polar surface area (TPSA) is 92.4 Å². The number of unbranched alkanes of at least 4 members (excludes halogenated alkanes) is 3. The molecule has 5 heteroatoms. The first-order chi connectivity index (χ1) is 10.3. The number of hydrogen-bond donors (Lipinski definition) is 3. The molecule has 0 saturated heterocycles. The van der Waals surface area contributed by atoms with E-state index >= 15 is 0 Å². The smallest absolute Gasteiger partial charge is 0.309 e. The Hall–Kier alpha value is -1.10. The van der Waals surface area contributed by atoms with E-state index < -0.39 is 11.4 Å². The summed E-state index contributed by atoms with van der Waals surface area (Å²) in [6.45, 7) is 6.35. The van der Waals surface area contributed by atoms with Crippen molar-refractivity contribution in [2.24, 2.45) is 11.1 Å². The van der Waals surface area contributed by atoms with Crippen LogP contribution in [0.5, 0.6) is 0 Å². The SMILES string of the molecule is CCC(C)(CCCC(=O)NCCCCCCC(C)N)C(=O)O. The zero-order chi connectivity index (χ0) is 17.0. The molecule has 0 aromatic rings. The minimum absolute atomic E-state index is 0.0272. The number of carboxylic acids is 1. The third-order valence-corrected chi connectivity index (χ3v) is 4.34. The Morgan fingerprint density at radius 3 is 2.36 bits per heavy atom. The quantitative estimate of drug-likeness (QED) is 0.455. The van der Waals surface area contributed by atoms with Gasteiger partial charge in [0.05, 0.1) is 5.41 Å². The molecule has 5 nitrogen and oxygen atoms in total. The summed E-state index contributed by atoms with van der Waals surface area (Å²) in [6.07, 6.45) is 7.64. The van der Waals surface area contributed by atoms with Gasteiger partial charge in [0.2, 0.25) is 5.91 Å². The number of carbonyl (C=O) groups is 2. The Morgan fingerprint density at radius 2 is 1.82 bits per heavy atom. The molecule has 0 bridgehead atoms. The van der Waals surface area contributed by atoms with Gasteiger partial charge in [-0.1, -0.05) is 26.2 Å². The molecule has 0 spiro atoms. The standard InChI is InChI=1S/C17H34N2O3/c1-4-17(3,16(21)22)12-9-11-15(20)19-13-8-6-5-7-10-14(2)18/h14H,4-13,18H2,1-3H3,(H,19,20)(H,21,22). The predicted octanol–water partition coefficient (Wildman–Crippen LogP) is 3.07. The molecule has 0 aromatic heterocycles. The van der Waals surface area contributed by atoms with Gasteiger partial charge in [-0.05, 0) is 46.0 Å². The zero-order valence-electron chi connectivity index (χ0n) is 14.5. The molecule has 0 aromatic carbocycles. The third-order valence-electron chi connectivity index (χ3n) is 4.34. The van der Waals surface area contributed by atoms with Crippen molar-refractivity contribution in [3.05, 3.63) is 0 Å². The summed E-state index contributed by atoms with van der Waals surface area (Å²) in [5.41, 5.74) is 4.98. The molecular weight excluding hydrogens is 280 g/mol. The molecule has 0 heterocycles. The van der Waals surface area contributed by atoms with Crippen molar-refractivity contribution in [3.8, 4) is 0 Å². The molecule has 0 radical (unpaired) electrons. The van der Waals surface area contributed by atoms with Gasteiger partial charge in [0.1, 0.15) is 0 Å². The molecular formula is C17H34N2O3. The number of nitrogens with two attached hydrogens (primary N) is 1. The Morgan fingerprint density at radius 1 is 1.18 bits per heavy atom. The Kier molecular flexibility index (Phi) is 10.9. The predicted molar refractivity (Wildman–Crippen MR) is 89.6 cm³/mol. The van der Waals surface area contributed by atoms with Crippen LogP contribution in [0.2, 0.25) is 0 Å². The monoisotopic (exact) mass is 314 g/mol. The molecule has 0 rings (SSSR count). The largest absolute Gasteiger partial charge is 0.481 e. The fourth-order valence-electron chi connectivity index (χ4n) is 2.34. The van der Waals surface area contributed by atoms with Crippen LogP contribution in [0.4, 0.5) is 0 Å². The molecule has 0 aliphatic rings. The molecule has 22 heavy (non-hydrogen) atoms. The van der Waals surface area contributed by atoms with Crippen LogP contribution >= 0.6 is 0 Å². The van der Waals surface area contributed by atoms with E-state index in [1.165, 1.54) is 0 Å². The molecule has 0 saturated carbocycles. The second-order valence-electron chi connectivity index (χ2n) is 6.60. The van der Waals surface area contributed by atoms with Crippen molar-refractivity contribution in [2.75, 3.05) is 6.54 Å². The van der Waals surface area contributed by atoms with Crippen LogP contribution in [0.15, 0.2) is 0 Å². The minimum atomic E-state index is -0.776. The average Bonchev–Trinajstić information content (AvgIpc) is 2.45. The lowest BCUT2D eigenvalue weighted by Crippen LogP contribution is -2.28. The lowest BCUT2D eigenvalue weighted by molar-refractivity contribution is -0.148. The summed E-state index contributed by atoms with van der Waals surface area (Å²) >= 11 is 0. The Balaban J connectivity index is 3.60. The van der Waals surface area contributed by atoms with E-state index in [4.69, 9.17) is 10.8 Å². The molecule has 130 valence electrons. The maximum Gasteiger partial charge on any atom is 0.309 e. The third kappa shape index (κ3) is 9.77. The maximum absolute atomic E-state index is 11.7. The van der Waals surface area contributed by atoms with Gasteiger partial charge >= 0.3 is 5.97 Å². The Bertz CT molecular complexity index is 332. The highest BCUT2D eigenvalue weighted by atomic mass is 16.4. The van der Waals surface area contributed by atoms with Gasteiger partial charge in [-0.15, -0.1) is 0 Å². The van der Waals surface area contributed by atoms with Crippen molar-refractivity contribution < 1.29 is 14.7 Å². The van der Waals surface area contributed by atoms with Gasteiger partial charge in [-0.2, -0.15) is 0 Å². The molecule has 0 aliphatic heterocycles. The number of amides is 1. The summed E-state index contributed by atoms with van der Waals surface area (Å²) in [5.74, 6) is -0.748. The van der Waals surface area contributed by atoms with E-state index in [1.807, 2.05) is 13.8 Å². The van der Waals surface area contributed by atoms with Crippen LogP contribution in [0.1, 0.15) is 78.6 Å². The summed E-state index contributed by atoms with van der Waals surface area (Å²) in [7, 11) is 0. The van der Waals surface area contributed by atoms with Gasteiger partial charge in [-0.3, -0.25) is 9.59 Å². The minimum Gasteiger partial charge on any atom is -0.481 e. The summed E-state index contributed by atoms with van der Waals surface area (Å²) in [4.78, 5) is 22.8. The maximum atomic E-state index is 11.7. The number of carboxylic acid groups (broad SMARTS) is 1. The fraction of sp³-hybridized carbons (Fsp3) is 0.882. The van der Waals surface area contributed by atoms with Crippen LogP contribution < -0.4 is 11.1 Å². The molecule has 0 fully saturated rings. The normalized spacial score (nSPS) is 15.1. The lowest BCUT2D eigenvalue weighted by atomic mass is 9.82. The zero-order valence-corrected chi connectivity index (χ0v) is 14.5. The highest BCUT2D eigenvalue weighted by Crippen LogP contribution is 2.28. The van der Waals surface area contributed by atoms with Crippen molar-refractivity contribution in [2.45, 2.75) is 84.6 Å². The van der Waals surface area contributed by atoms with Gasteiger partial charge in [0.15, 0.2) is 0 Å². The van der Waals surface area contributed by atoms with E-state index in [-0.39, 0.29) is 11.9 Å². The van der Waals surface area contributed by atoms with Crippen LogP contribution in [0, 0.1) is 5.41 Å². The average molecular weight is 314 g/mol. The van der Waals surface area contributed by atoms with E-state index in [2.05, 4.69) is 5.32 Å². The highest BCUT2D eigenvalue weighted by molar-refractivity contribution is 5.76. The number of rotatable bonds is 13. The fourth-order valence-corrected chi connectivity index (χ4v) is 2.34. The van der Waals surface area contributed by atoms with E-state index in [0.717, 1.165) is 32.1 Å². The lowest BCUT2D eigenvalue weighted by Gasteiger charge is -2.22. The molecule has 2 unspecified atom stereocenters. The number of nitrogens with one attached hydrogen (secondary N) is 1. The van der Waals surface area contributed by atoms with Gasteiger partial charge in [0, 0.05) is 19.0 Å². The van der Waals surface area contributed by atoms with Gasteiger partial charge in [0.25, 0.3) is 0 Å². The van der Waals surface area contributed by atoms with E-state index in [0.29, 0.717) is 32.2 Å². The van der Waals surface area contributed by atoms with Gasteiger partial charge in [-0.25, -0.2) is 0 Å². The van der Waals surface area contributed by atoms with Crippen LogP contribution in [-0.2, 0) is 9.59 Å². The first-order valence-electron chi connectivity index (χ1n) is 8.57. The van der Waals surface area contributed by atoms with E-state index in [9.17, 15) is 9.59 Å². The second-order valence-corrected chi connectivity index (χ2v) is 6.60. The highest BCUT2D eigenvalue weighted by Gasteiger charge is 2.30. The van der Waals surface area contributed by atoms with Crippen molar-refractivity contribution in [1.82, 2.24) is 5.32 Å². The molecule has 1 amide bonds. The van der Waals surface area contributed by atoms with Crippen LogP contribution in [0.25, 0.3) is 0 Å². The van der Waals surface area contributed by atoms with Crippen molar-refractivity contribution in [3.63, 3.8) is 0 Å².